The Morgan fingerprint density at radius 1 is 1.04 bits per heavy atom. The molecule has 28 heavy (non-hydrogen) atoms. The molecule has 0 radical (unpaired) electrons. The van der Waals surface area contributed by atoms with Crippen LogP contribution in [0.1, 0.15) is 0 Å². The summed E-state index contributed by atoms with van der Waals surface area (Å²) in [6, 6.07) is 8.00. The van der Waals surface area contributed by atoms with Gasteiger partial charge in [0.2, 0.25) is 0 Å². The van der Waals surface area contributed by atoms with Gasteiger partial charge in [0, 0.05) is 11.3 Å². The van der Waals surface area contributed by atoms with Crippen LogP contribution in [0.5, 0.6) is 0 Å². The Hall–Kier alpha value is -3.60. The van der Waals surface area contributed by atoms with Crippen LogP contribution in [0.3, 0.4) is 0 Å². The van der Waals surface area contributed by atoms with Crippen LogP contribution in [0.15, 0.2) is 58.4 Å². The molecule has 0 aliphatic rings. The second-order valence-electron chi connectivity index (χ2n) is 5.80. The summed E-state index contributed by atoms with van der Waals surface area (Å²) in [7, 11) is -4.32. The molecule has 3 N–H and O–H groups in total. The van der Waals surface area contributed by atoms with E-state index in [1.165, 1.54) is 30.5 Å². The number of sulfonamides is 1. The SMILES string of the molecule is O=c1[nH]c(-c2ccc(NS(=O)(=O)c3cc(F)ccc3F)cc2)nc2[nH]ncc12. The van der Waals surface area contributed by atoms with Gasteiger partial charge in [0.15, 0.2) is 5.65 Å². The molecule has 0 bridgehead atoms. The summed E-state index contributed by atoms with van der Waals surface area (Å²) in [5.74, 6) is -1.69. The van der Waals surface area contributed by atoms with Crippen LogP contribution in [0.25, 0.3) is 22.4 Å². The zero-order chi connectivity index (χ0) is 19.9. The molecule has 11 heteroatoms. The first-order chi connectivity index (χ1) is 13.3. The van der Waals surface area contributed by atoms with Gasteiger partial charge in [-0.2, -0.15) is 5.10 Å². The predicted molar refractivity (Wildman–Crippen MR) is 97.1 cm³/mol. The highest BCUT2D eigenvalue weighted by molar-refractivity contribution is 7.92. The third-order valence-corrected chi connectivity index (χ3v) is 5.31. The van der Waals surface area contributed by atoms with Gasteiger partial charge >= 0.3 is 0 Å². The molecule has 4 rings (SSSR count). The van der Waals surface area contributed by atoms with Gasteiger partial charge in [0.05, 0.1) is 6.20 Å². The Morgan fingerprint density at radius 2 is 1.79 bits per heavy atom. The summed E-state index contributed by atoms with van der Waals surface area (Å²) < 4.78 is 53.8. The quantitative estimate of drug-likeness (QED) is 0.483. The Morgan fingerprint density at radius 3 is 2.54 bits per heavy atom. The lowest BCUT2D eigenvalue weighted by Crippen LogP contribution is -2.15. The van der Waals surface area contributed by atoms with Crippen LogP contribution in [0.2, 0.25) is 0 Å². The van der Waals surface area contributed by atoms with E-state index in [1.54, 1.807) is 0 Å². The van der Waals surface area contributed by atoms with E-state index in [4.69, 9.17) is 0 Å². The molecule has 0 atom stereocenters. The molecule has 0 fully saturated rings. The molecule has 8 nitrogen and oxygen atoms in total. The Labute approximate surface area is 156 Å². The molecule has 0 saturated carbocycles. The van der Waals surface area contributed by atoms with Crippen LogP contribution in [-0.4, -0.2) is 28.6 Å². The molecule has 0 amide bonds. The van der Waals surface area contributed by atoms with E-state index >= 15 is 0 Å². The fourth-order valence-corrected chi connectivity index (χ4v) is 3.72. The number of nitrogens with one attached hydrogen (secondary N) is 3. The average molecular weight is 403 g/mol. The van der Waals surface area contributed by atoms with Gasteiger partial charge in [-0.25, -0.2) is 22.2 Å². The molecule has 0 aliphatic carbocycles. The zero-order valence-corrected chi connectivity index (χ0v) is 14.7. The largest absolute Gasteiger partial charge is 0.306 e. The van der Waals surface area contributed by atoms with Gasteiger partial charge in [-0.1, -0.05) is 0 Å². The van der Waals surface area contributed by atoms with Crippen LogP contribution >= 0.6 is 0 Å². The molecule has 2 aromatic carbocycles. The van der Waals surface area contributed by atoms with Crippen molar-refractivity contribution in [3.05, 3.63) is 70.6 Å². The topological polar surface area (TPSA) is 121 Å². The van der Waals surface area contributed by atoms with Gasteiger partial charge in [-0.15, -0.1) is 0 Å². The van der Waals surface area contributed by atoms with Crippen molar-refractivity contribution in [1.82, 2.24) is 20.2 Å². The number of aromatic nitrogens is 4. The third kappa shape index (κ3) is 3.22. The first kappa shape index (κ1) is 17.8. The van der Waals surface area contributed by atoms with E-state index < -0.39 is 26.6 Å². The van der Waals surface area contributed by atoms with Gasteiger partial charge < -0.3 is 4.98 Å². The number of benzene rings is 2. The maximum Gasteiger partial charge on any atom is 0.264 e. The maximum absolute atomic E-state index is 13.8. The number of hydrogen-bond acceptors (Lipinski definition) is 5. The summed E-state index contributed by atoms with van der Waals surface area (Å²) in [6.07, 6.45) is 1.36. The van der Waals surface area contributed by atoms with Crippen LogP contribution in [-0.2, 0) is 10.0 Å². The minimum absolute atomic E-state index is 0.123. The number of halogens is 2. The van der Waals surface area contributed by atoms with Crippen molar-refractivity contribution in [2.45, 2.75) is 4.90 Å². The normalized spacial score (nSPS) is 11.6. The van der Waals surface area contributed by atoms with Crippen molar-refractivity contribution in [2.75, 3.05) is 4.72 Å². The van der Waals surface area contributed by atoms with Crippen molar-refractivity contribution in [1.29, 1.82) is 0 Å². The second-order valence-corrected chi connectivity index (χ2v) is 7.46. The van der Waals surface area contributed by atoms with Gasteiger partial charge in [-0.05, 0) is 42.5 Å². The lowest BCUT2D eigenvalue weighted by molar-refractivity contribution is 0.555. The first-order valence-electron chi connectivity index (χ1n) is 7.85. The average Bonchev–Trinajstić information content (AvgIpc) is 3.13. The number of nitrogens with zero attached hydrogens (tertiary/aromatic N) is 2. The molecule has 0 saturated heterocycles. The van der Waals surface area contributed by atoms with Crippen molar-refractivity contribution in [3.63, 3.8) is 0 Å². The Bertz CT molecular complexity index is 1350. The van der Waals surface area contributed by atoms with Crippen molar-refractivity contribution in [3.8, 4) is 11.4 Å². The maximum atomic E-state index is 13.8. The summed E-state index contributed by atoms with van der Waals surface area (Å²) in [5, 5.41) is 6.66. The lowest BCUT2D eigenvalue weighted by Gasteiger charge is -2.09. The zero-order valence-electron chi connectivity index (χ0n) is 13.9. The molecule has 4 aromatic rings. The summed E-state index contributed by atoms with van der Waals surface area (Å²) in [6.45, 7) is 0. The van der Waals surface area contributed by atoms with Gasteiger partial charge in [-0.3, -0.25) is 14.6 Å². The first-order valence-corrected chi connectivity index (χ1v) is 9.33. The summed E-state index contributed by atoms with van der Waals surface area (Å²) >= 11 is 0. The fraction of sp³-hybridized carbons (Fsp3) is 0. The lowest BCUT2D eigenvalue weighted by atomic mass is 10.2. The smallest absolute Gasteiger partial charge is 0.264 e. The Kier molecular flexibility index (Phi) is 4.15. The predicted octanol–water partition coefficient (Wildman–Crippen LogP) is 2.39. The second kappa shape index (κ2) is 6.53. The molecule has 2 heterocycles. The fourth-order valence-electron chi connectivity index (χ4n) is 2.57. The number of hydrogen-bond donors (Lipinski definition) is 3. The number of fused-ring (bicyclic) bond motifs is 1. The minimum Gasteiger partial charge on any atom is -0.306 e. The molecular weight excluding hydrogens is 392 g/mol. The molecule has 0 unspecified atom stereocenters. The number of H-pyrrole nitrogens is 2. The van der Waals surface area contributed by atoms with Crippen LogP contribution < -0.4 is 10.3 Å². The van der Waals surface area contributed by atoms with Crippen molar-refractivity contribution in [2.24, 2.45) is 0 Å². The van der Waals surface area contributed by atoms with E-state index in [2.05, 4.69) is 24.9 Å². The highest BCUT2D eigenvalue weighted by Crippen LogP contribution is 2.22. The number of aromatic amines is 2. The number of rotatable bonds is 4. The van der Waals surface area contributed by atoms with Crippen molar-refractivity contribution >= 4 is 26.7 Å². The van der Waals surface area contributed by atoms with E-state index in [0.717, 1.165) is 12.1 Å². The molecule has 2 aromatic heterocycles. The highest BCUT2D eigenvalue weighted by Gasteiger charge is 2.20. The molecule has 142 valence electrons. The third-order valence-electron chi connectivity index (χ3n) is 3.91. The number of anilines is 1. The summed E-state index contributed by atoms with van der Waals surface area (Å²) in [5.41, 5.74) is 0.566. The van der Waals surface area contributed by atoms with Crippen molar-refractivity contribution < 1.29 is 17.2 Å². The highest BCUT2D eigenvalue weighted by atomic mass is 32.2. The van der Waals surface area contributed by atoms with Gasteiger partial charge in [0.1, 0.15) is 27.7 Å². The minimum atomic E-state index is -4.32. The summed E-state index contributed by atoms with van der Waals surface area (Å²) in [4.78, 5) is 18.0. The van der Waals surface area contributed by atoms with E-state index in [9.17, 15) is 22.0 Å². The van der Waals surface area contributed by atoms with Crippen LogP contribution in [0.4, 0.5) is 14.5 Å². The van der Waals surface area contributed by atoms with Gasteiger partial charge in [0.25, 0.3) is 15.6 Å². The molecule has 0 spiro atoms. The monoisotopic (exact) mass is 403 g/mol. The van der Waals surface area contributed by atoms with E-state index in [0.29, 0.717) is 22.7 Å². The molecule has 0 aliphatic heterocycles. The Balaban J connectivity index is 1.64. The van der Waals surface area contributed by atoms with E-state index in [-0.39, 0.29) is 17.1 Å². The van der Waals surface area contributed by atoms with Crippen LogP contribution in [0, 0.1) is 11.6 Å². The molecular formula is C17H11F2N5O3S. The van der Waals surface area contributed by atoms with E-state index in [1.807, 2.05) is 0 Å². The standard InChI is InChI=1S/C17H11F2N5O3S/c18-10-3-6-13(19)14(7-10)28(26,27)24-11-4-1-9(2-5-11)15-21-16-12(8-20-23-16)17(25)22-15/h1-8,24H,(H2,20,21,22,23,25).